The molecule has 0 radical (unpaired) electrons. The van der Waals surface area contributed by atoms with Gasteiger partial charge in [0.25, 0.3) is 0 Å². The Labute approximate surface area is 187 Å². The van der Waals surface area contributed by atoms with Gasteiger partial charge in [-0.1, -0.05) is 6.07 Å². The summed E-state index contributed by atoms with van der Waals surface area (Å²) >= 11 is 0. The predicted octanol–water partition coefficient (Wildman–Crippen LogP) is 2.69. The van der Waals surface area contributed by atoms with Crippen molar-refractivity contribution >= 4 is 30.0 Å². The first-order valence-corrected chi connectivity index (χ1v) is 9.52. The lowest BCUT2D eigenvalue weighted by Crippen LogP contribution is -2.41. The molecule has 3 rings (SSSR count). The van der Waals surface area contributed by atoms with E-state index in [1.807, 2.05) is 6.07 Å². The van der Waals surface area contributed by atoms with E-state index in [0.717, 1.165) is 17.0 Å². The van der Waals surface area contributed by atoms with Crippen LogP contribution in [0.3, 0.4) is 0 Å². The number of rotatable bonds is 7. The Bertz CT molecular complexity index is 1080. The van der Waals surface area contributed by atoms with Gasteiger partial charge < -0.3 is 29.6 Å². The molecule has 1 heterocycles. The molecule has 3 N–H and O–H groups in total. The molecule has 174 valence electrons. The first-order valence-electron chi connectivity index (χ1n) is 9.52. The van der Waals surface area contributed by atoms with Crippen LogP contribution in [0, 0.1) is 11.3 Å². The molecule has 2 aromatic rings. The topological polar surface area (TPSA) is 124 Å². The average Bonchev–Trinajstić information content (AvgIpc) is 3.12. The molecular formula is C20H19BF3N3O6. The minimum absolute atomic E-state index is 0.0824. The largest absolute Gasteiger partial charge is 0.573 e. The number of amides is 1. The second kappa shape index (κ2) is 9.09. The molecule has 33 heavy (non-hydrogen) atoms. The third-order valence-electron chi connectivity index (χ3n) is 4.81. The third kappa shape index (κ3) is 5.60. The van der Waals surface area contributed by atoms with Crippen molar-refractivity contribution in [3.05, 3.63) is 42.0 Å². The number of nitrogens with zero attached hydrogens (tertiary/aromatic N) is 2. The van der Waals surface area contributed by atoms with Gasteiger partial charge in [-0.3, -0.25) is 4.90 Å². The molecule has 1 aliphatic heterocycles. The Morgan fingerprint density at radius 2 is 1.97 bits per heavy atom. The summed E-state index contributed by atoms with van der Waals surface area (Å²) < 4.78 is 51.7. The number of carboxylic acid groups (broad SMARTS) is 1. The average molecular weight is 465 g/mol. The van der Waals surface area contributed by atoms with Crippen LogP contribution < -0.4 is 25.2 Å². The van der Waals surface area contributed by atoms with Crippen molar-refractivity contribution in [1.82, 2.24) is 0 Å². The van der Waals surface area contributed by atoms with Crippen LogP contribution in [0.1, 0.15) is 12.5 Å². The predicted molar refractivity (Wildman–Crippen MR) is 112 cm³/mol. The number of ether oxygens (including phenoxy) is 2. The van der Waals surface area contributed by atoms with Crippen LogP contribution in [0.5, 0.6) is 11.5 Å². The summed E-state index contributed by atoms with van der Waals surface area (Å²) in [7, 11) is -0.0550. The molecular weight excluding hydrogens is 446 g/mol. The van der Waals surface area contributed by atoms with Crippen molar-refractivity contribution < 1.29 is 42.2 Å². The molecule has 0 spiro atoms. The fourth-order valence-electron chi connectivity index (χ4n) is 3.22. The van der Waals surface area contributed by atoms with Gasteiger partial charge in [0.15, 0.2) is 5.54 Å². The summed E-state index contributed by atoms with van der Waals surface area (Å²) in [5.74, 6) is -0.316. The van der Waals surface area contributed by atoms with Crippen LogP contribution in [0.15, 0.2) is 36.4 Å². The first-order chi connectivity index (χ1) is 15.4. The van der Waals surface area contributed by atoms with E-state index in [2.05, 4.69) is 10.1 Å². The molecule has 0 aromatic heterocycles. The number of halogens is 3. The van der Waals surface area contributed by atoms with Crippen molar-refractivity contribution in [2.45, 2.75) is 25.4 Å². The lowest BCUT2D eigenvalue weighted by atomic mass is 9.77. The van der Waals surface area contributed by atoms with Crippen LogP contribution in [0.4, 0.5) is 29.3 Å². The van der Waals surface area contributed by atoms with E-state index in [4.69, 9.17) is 9.39 Å². The van der Waals surface area contributed by atoms with Crippen molar-refractivity contribution in [3.8, 4) is 17.6 Å². The van der Waals surface area contributed by atoms with E-state index < -0.39 is 30.9 Å². The highest BCUT2D eigenvalue weighted by Gasteiger charge is 2.36. The fourth-order valence-corrected chi connectivity index (χ4v) is 3.22. The summed E-state index contributed by atoms with van der Waals surface area (Å²) in [5.41, 5.74) is -0.0825. The number of anilines is 2. The lowest BCUT2D eigenvalue weighted by molar-refractivity contribution is -0.274. The van der Waals surface area contributed by atoms with Crippen LogP contribution in [-0.2, 0) is 11.3 Å². The number of hydrogen-bond acceptors (Lipinski definition) is 7. The SMILES string of the molecule is CN(C(=O)O)c1c(OCC(C)(C#N)Nc2ccc(OC(F)(F)F)cc2)ccc2c1B(O)OC2. The molecule has 1 unspecified atom stereocenters. The number of nitrogens with one attached hydrogen (secondary N) is 1. The number of nitriles is 1. The number of hydrogen-bond donors (Lipinski definition) is 3. The zero-order valence-electron chi connectivity index (χ0n) is 17.5. The third-order valence-corrected chi connectivity index (χ3v) is 4.81. The highest BCUT2D eigenvalue weighted by molar-refractivity contribution is 6.63. The Hall–Kier alpha value is -3.63. The van der Waals surface area contributed by atoms with Gasteiger partial charge in [-0.2, -0.15) is 5.26 Å². The minimum atomic E-state index is -4.82. The molecule has 0 bridgehead atoms. The molecule has 0 saturated heterocycles. The molecule has 0 aliphatic carbocycles. The quantitative estimate of drug-likeness (QED) is 0.534. The first kappa shape index (κ1) is 24.0. The summed E-state index contributed by atoms with van der Waals surface area (Å²) in [4.78, 5) is 12.5. The van der Waals surface area contributed by atoms with E-state index in [1.54, 1.807) is 6.07 Å². The maximum Gasteiger partial charge on any atom is 0.573 e. The van der Waals surface area contributed by atoms with Gasteiger partial charge in [-0.05, 0) is 42.8 Å². The number of carbonyl (C=O) groups is 1. The van der Waals surface area contributed by atoms with E-state index >= 15 is 0 Å². The van der Waals surface area contributed by atoms with E-state index in [-0.39, 0.29) is 30.1 Å². The fraction of sp³-hybridized carbons (Fsp3) is 0.300. The van der Waals surface area contributed by atoms with Gasteiger partial charge >= 0.3 is 19.6 Å². The normalized spacial score (nSPS) is 14.6. The summed E-state index contributed by atoms with van der Waals surface area (Å²) in [6.07, 6.45) is -6.12. The molecule has 0 fully saturated rings. The monoisotopic (exact) mass is 465 g/mol. The van der Waals surface area contributed by atoms with Gasteiger partial charge in [0.1, 0.15) is 18.1 Å². The smallest absolute Gasteiger partial charge is 0.488 e. The van der Waals surface area contributed by atoms with Crippen LogP contribution in [0.2, 0.25) is 0 Å². The number of fused-ring (bicyclic) bond motifs is 1. The van der Waals surface area contributed by atoms with Gasteiger partial charge in [0.2, 0.25) is 0 Å². The second-order valence-electron chi connectivity index (χ2n) is 7.42. The van der Waals surface area contributed by atoms with E-state index in [9.17, 15) is 33.4 Å². The van der Waals surface area contributed by atoms with Crippen molar-refractivity contribution in [2.75, 3.05) is 23.9 Å². The lowest BCUT2D eigenvalue weighted by Gasteiger charge is -2.27. The van der Waals surface area contributed by atoms with Crippen LogP contribution >= 0.6 is 0 Å². The van der Waals surface area contributed by atoms with Crippen molar-refractivity contribution in [2.24, 2.45) is 0 Å². The van der Waals surface area contributed by atoms with Crippen LogP contribution in [-0.4, -0.2) is 48.9 Å². The Kier molecular flexibility index (Phi) is 6.62. The summed E-state index contributed by atoms with van der Waals surface area (Å²) in [6.45, 7) is 1.34. The highest BCUT2D eigenvalue weighted by Crippen LogP contribution is 2.32. The molecule has 0 saturated carbocycles. The van der Waals surface area contributed by atoms with Gasteiger partial charge in [-0.15, -0.1) is 13.2 Å². The zero-order valence-corrected chi connectivity index (χ0v) is 17.5. The van der Waals surface area contributed by atoms with Crippen LogP contribution in [0.25, 0.3) is 0 Å². The Morgan fingerprint density at radius 1 is 1.30 bits per heavy atom. The summed E-state index contributed by atoms with van der Waals surface area (Å²) in [5, 5.41) is 32.1. The maximum absolute atomic E-state index is 12.3. The number of benzene rings is 2. The molecule has 1 amide bonds. The zero-order chi connectivity index (χ0) is 24.4. The van der Waals surface area contributed by atoms with E-state index in [1.165, 1.54) is 32.2 Å². The molecule has 1 atom stereocenters. The minimum Gasteiger partial charge on any atom is -0.488 e. The standard InChI is InChI=1S/C20H19BF3N3O6/c1-19(10-25,26-13-4-6-14(7-5-13)33-20(22,23)24)11-31-15-8-3-12-9-32-21(30)16(12)17(15)27(2)18(28)29/h3-8,26,30H,9,11H2,1-2H3,(H,28,29). The van der Waals surface area contributed by atoms with Gasteiger partial charge in [0.05, 0.1) is 18.4 Å². The summed E-state index contributed by atoms with van der Waals surface area (Å²) in [6, 6.07) is 9.97. The maximum atomic E-state index is 12.3. The Balaban J connectivity index is 1.80. The Morgan fingerprint density at radius 3 is 2.55 bits per heavy atom. The molecule has 2 aromatic carbocycles. The number of alkyl halides is 3. The molecule has 9 nitrogen and oxygen atoms in total. The van der Waals surface area contributed by atoms with Crippen molar-refractivity contribution in [1.29, 1.82) is 5.26 Å². The van der Waals surface area contributed by atoms with Gasteiger partial charge in [0, 0.05) is 18.2 Å². The molecule has 1 aliphatic rings. The van der Waals surface area contributed by atoms with Crippen molar-refractivity contribution in [3.63, 3.8) is 0 Å². The van der Waals surface area contributed by atoms with Gasteiger partial charge in [-0.25, -0.2) is 4.79 Å². The van der Waals surface area contributed by atoms with E-state index in [0.29, 0.717) is 11.3 Å². The molecule has 13 heteroatoms. The second-order valence-corrected chi connectivity index (χ2v) is 7.42. The highest BCUT2D eigenvalue weighted by atomic mass is 19.4.